The largest absolute Gasteiger partial charge is 0.489 e. The average molecular weight is 275 g/mol. The fourth-order valence-electron chi connectivity index (χ4n) is 1.78. The minimum Gasteiger partial charge on any atom is -0.489 e. The van der Waals surface area contributed by atoms with Gasteiger partial charge in [-0.05, 0) is 30.3 Å². The van der Waals surface area contributed by atoms with Crippen LogP contribution in [0.25, 0.3) is 0 Å². The van der Waals surface area contributed by atoms with E-state index in [9.17, 15) is 9.18 Å². The van der Waals surface area contributed by atoms with Crippen molar-refractivity contribution in [3.05, 3.63) is 59.4 Å². The first-order chi connectivity index (χ1) is 9.61. The Hall–Kier alpha value is -2.56. The molecule has 2 aromatic rings. The SMILES string of the molecule is COC(=O)c1c(N)cccc1COc1ccc(F)cc1. The molecule has 20 heavy (non-hydrogen) atoms. The van der Waals surface area contributed by atoms with E-state index >= 15 is 0 Å². The molecule has 0 aliphatic rings. The summed E-state index contributed by atoms with van der Waals surface area (Å²) in [6, 6.07) is 10.7. The fraction of sp³-hybridized carbons (Fsp3) is 0.133. The van der Waals surface area contributed by atoms with Gasteiger partial charge in [-0.1, -0.05) is 12.1 Å². The number of halogens is 1. The lowest BCUT2D eigenvalue weighted by molar-refractivity contribution is 0.0599. The van der Waals surface area contributed by atoms with Gasteiger partial charge in [0.25, 0.3) is 0 Å². The molecule has 0 aliphatic heterocycles. The summed E-state index contributed by atoms with van der Waals surface area (Å²) in [5.74, 6) is -0.345. The third kappa shape index (κ3) is 3.06. The van der Waals surface area contributed by atoms with Crippen LogP contribution in [0.1, 0.15) is 15.9 Å². The molecule has 0 amide bonds. The van der Waals surface area contributed by atoms with Crippen LogP contribution in [0.4, 0.5) is 10.1 Å². The van der Waals surface area contributed by atoms with Gasteiger partial charge in [0.15, 0.2) is 0 Å². The maximum absolute atomic E-state index is 12.8. The first-order valence-corrected chi connectivity index (χ1v) is 5.96. The number of methoxy groups -OCH3 is 1. The van der Waals surface area contributed by atoms with Gasteiger partial charge < -0.3 is 15.2 Å². The maximum Gasteiger partial charge on any atom is 0.340 e. The van der Waals surface area contributed by atoms with E-state index in [1.54, 1.807) is 18.2 Å². The van der Waals surface area contributed by atoms with Crippen molar-refractivity contribution in [1.29, 1.82) is 0 Å². The zero-order chi connectivity index (χ0) is 14.5. The number of hydrogen-bond donors (Lipinski definition) is 1. The van der Waals surface area contributed by atoms with E-state index < -0.39 is 5.97 Å². The molecule has 0 unspecified atom stereocenters. The number of nitrogens with two attached hydrogens (primary N) is 1. The molecule has 2 rings (SSSR count). The summed E-state index contributed by atoms with van der Waals surface area (Å²) in [5.41, 5.74) is 7.01. The summed E-state index contributed by atoms with van der Waals surface area (Å²) in [6.07, 6.45) is 0. The number of rotatable bonds is 4. The Morgan fingerprint density at radius 2 is 1.90 bits per heavy atom. The van der Waals surface area contributed by atoms with Crippen LogP contribution in [0.5, 0.6) is 5.75 Å². The smallest absolute Gasteiger partial charge is 0.340 e. The van der Waals surface area contributed by atoms with Crippen LogP contribution < -0.4 is 10.5 Å². The zero-order valence-electron chi connectivity index (χ0n) is 10.9. The third-order valence-corrected chi connectivity index (χ3v) is 2.78. The van der Waals surface area contributed by atoms with Crippen LogP contribution in [0.2, 0.25) is 0 Å². The quantitative estimate of drug-likeness (QED) is 0.688. The number of benzene rings is 2. The van der Waals surface area contributed by atoms with Crippen LogP contribution in [-0.2, 0) is 11.3 Å². The van der Waals surface area contributed by atoms with Gasteiger partial charge in [-0.15, -0.1) is 0 Å². The molecule has 0 radical (unpaired) electrons. The van der Waals surface area contributed by atoms with Gasteiger partial charge in [0.05, 0.1) is 12.7 Å². The minimum absolute atomic E-state index is 0.140. The lowest BCUT2D eigenvalue weighted by atomic mass is 10.1. The monoisotopic (exact) mass is 275 g/mol. The lowest BCUT2D eigenvalue weighted by Crippen LogP contribution is -2.11. The normalized spacial score (nSPS) is 10.1. The van der Waals surface area contributed by atoms with Gasteiger partial charge in [0, 0.05) is 11.3 Å². The van der Waals surface area contributed by atoms with Gasteiger partial charge in [0.2, 0.25) is 0 Å². The van der Waals surface area contributed by atoms with Crippen molar-refractivity contribution in [2.24, 2.45) is 0 Å². The molecular formula is C15H14FNO3. The van der Waals surface area contributed by atoms with Crippen LogP contribution in [0.3, 0.4) is 0 Å². The summed E-state index contributed by atoms with van der Waals surface area (Å²) >= 11 is 0. The Morgan fingerprint density at radius 3 is 2.55 bits per heavy atom. The lowest BCUT2D eigenvalue weighted by Gasteiger charge is -2.11. The highest BCUT2D eigenvalue weighted by Gasteiger charge is 2.15. The maximum atomic E-state index is 12.8. The second kappa shape index (κ2) is 6.06. The van der Waals surface area contributed by atoms with Gasteiger partial charge in [-0.3, -0.25) is 0 Å². The molecule has 0 atom stereocenters. The molecule has 0 bridgehead atoms. The van der Waals surface area contributed by atoms with Crippen molar-refractivity contribution in [2.75, 3.05) is 12.8 Å². The molecule has 5 heteroatoms. The predicted octanol–water partition coefficient (Wildman–Crippen LogP) is 2.77. The van der Waals surface area contributed by atoms with Crippen molar-refractivity contribution < 1.29 is 18.7 Å². The zero-order valence-corrected chi connectivity index (χ0v) is 10.9. The molecule has 0 fully saturated rings. The number of carbonyl (C=O) groups is 1. The number of esters is 1. The van der Waals surface area contributed by atoms with Crippen molar-refractivity contribution >= 4 is 11.7 Å². The Bertz CT molecular complexity index is 611. The number of hydrogen-bond acceptors (Lipinski definition) is 4. The van der Waals surface area contributed by atoms with E-state index in [1.165, 1.54) is 31.4 Å². The standard InChI is InChI=1S/C15H14FNO3/c1-19-15(18)14-10(3-2-4-13(14)17)9-20-12-7-5-11(16)6-8-12/h2-8H,9,17H2,1H3. The van der Waals surface area contributed by atoms with Crippen molar-refractivity contribution in [2.45, 2.75) is 6.61 Å². The highest BCUT2D eigenvalue weighted by Crippen LogP contribution is 2.20. The van der Waals surface area contributed by atoms with E-state index in [0.717, 1.165) is 0 Å². The van der Waals surface area contributed by atoms with E-state index in [4.69, 9.17) is 15.2 Å². The van der Waals surface area contributed by atoms with E-state index in [-0.39, 0.29) is 18.0 Å². The number of nitrogen functional groups attached to an aromatic ring is 1. The Kier molecular flexibility index (Phi) is 4.20. The second-order valence-corrected chi connectivity index (χ2v) is 4.12. The average Bonchev–Trinajstić information content (AvgIpc) is 2.46. The Balaban J connectivity index is 2.19. The van der Waals surface area contributed by atoms with Crippen LogP contribution >= 0.6 is 0 Å². The van der Waals surface area contributed by atoms with Crippen molar-refractivity contribution in [1.82, 2.24) is 0 Å². The highest BCUT2D eigenvalue weighted by atomic mass is 19.1. The summed E-state index contributed by atoms with van der Waals surface area (Å²) < 4.78 is 23.0. The topological polar surface area (TPSA) is 61.5 Å². The summed E-state index contributed by atoms with van der Waals surface area (Å²) in [5, 5.41) is 0. The summed E-state index contributed by atoms with van der Waals surface area (Å²) in [7, 11) is 1.29. The third-order valence-electron chi connectivity index (χ3n) is 2.78. The van der Waals surface area contributed by atoms with Crippen LogP contribution in [-0.4, -0.2) is 13.1 Å². The molecule has 0 spiro atoms. The molecule has 0 saturated heterocycles. The molecular weight excluding hydrogens is 261 g/mol. The van der Waals surface area contributed by atoms with Crippen molar-refractivity contribution in [3.8, 4) is 5.75 Å². The van der Waals surface area contributed by atoms with Crippen LogP contribution in [0.15, 0.2) is 42.5 Å². The Morgan fingerprint density at radius 1 is 1.20 bits per heavy atom. The molecule has 0 saturated carbocycles. The number of anilines is 1. The second-order valence-electron chi connectivity index (χ2n) is 4.12. The number of ether oxygens (including phenoxy) is 2. The molecule has 2 aromatic carbocycles. The van der Waals surface area contributed by atoms with Gasteiger partial charge >= 0.3 is 5.97 Å². The number of carbonyl (C=O) groups excluding carboxylic acids is 1. The van der Waals surface area contributed by atoms with Gasteiger partial charge in [0.1, 0.15) is 18.2 Å². The van der Waals surface area contributed by atoms with E-state index in [1.807, 2.05) is 0 Å². The fourth-order valence-corrected chi connectivity index (χ4v) is 1.78. The molecule has 104 valence electrons. The molecule has 0 aliphatic carbocycles. The summed E-state index contributed by atoms with van der Waals surface area (Å²) in [4.78, 5) is 11.7. The first-order valence-electron chi connectivity index (χ1n) is 5.96. The predicted molar refractivity (Wildman–Crippen MR) is 72.9 cm³/mol. The molecule has 0 heterocycles. The van der Waals surface area contributed by atoms with Crippen LogP contribution in [0, 0.1) is 5.82 Å². The molecule has 0 aromatic heterocycles. The van der Waals surface area contributed by atoms with E-state index in [2.05, 4.69) is 0 Å². The Labute approximate surface area is 115 Å². The van der Waals surface area contributed by atoms with Gasteiger partial charge in [-0.25, -0.2) is 9.18 Å². The minimum atomic E-state index is -0.513. The molecule has 4 nitrogen and oxygen atoms in total. The molecule has 2 N–H and O–H groups in total. The van der Waals surface area contributed by atoms with Gasteiger partial charge in [-0.2, -0.15) is 0 Å². The highest BCUT2D eigenvalue weighted by molar-refractivity contribution is 5.96. The summed E-state index contributed by atoms with van der Waals surface area (Å²) in [6.45, 7) is 0.140. The first kappa shape index (κ1) is 13.9. The van der Waals surface area contributed by atoms with E-state index in [0.29, 0.717) is 17.0 Å². The van der Waals surface area contributed by atoms with Crippen molar-refractivity contribution in [3.63, 3.8) is 0 Å².